The van der Waals surface area contributed by atoms with E-state index in [4.69, 9.17) is 0 Å². The van der Waals surface area contributed by atoms with Crippen molar-refractivity contribution in [2.45, 2.75) is 70.7 Å². The number of aliphatic carboxylic acids is 1. The molecule has 0 saturated heterocycles. The summed E-state index contributed by atoms with van der Waals surface area (Å²) in [6.45, 7) is 10.1. The molecule has 0 aliphatic carbocycles. The fourth-order valence-corrected chi connectivity index (χ4v) is 2.66. The van der Waals surface area contributed by atoms with E-state index in [-0.39, 0.29) is 6.04 Å². The van der Waals surface area contributed by atoms with E-state index in [0.717, 1.165) is 12.2 Å². The van der Waals surface area contributed by atoms with Crippen LogP contribution in [0.15, 0.2) is 0 Å². The van der Waals surface area contributed by atoms with Crippen molar-refractivity contribution in [1.82, 2.24) is 5.32 Å². The number of carboxylic acid groups (broad SMARTS) is 1. The molecule has 4 heteroatoms. The van der Waals surface area contributed by atoms with Crippen LogP contribution in [-0.4, -0.2) is 33.7 Å². The van der Waals surface area contributed by atoms with Gasteiger partial charge in [-0.2, -0.15) is 11.8 Å². The molecule has 0 heterocycles. The van der Waals surface area contributed by atoms with Crippen LogP contribution < -0.4 is 5.32 Å². The Balaban J connectivity index is 4.06. The van der Waals surface area contributed by atoms with E-state index in [1.54, 1.807) is 6.92 Å². The number of carboxylic acids is 1. The maximum Gasteiger partial charge on any atom is 0.323 e. The first-order chi connectivity index (χ1) is 7.81. The van der Waals surface area contributed by atoms with E-state index >= 15 is 0 Å². The van der Waals surface area contributed by atoms with Gasteiger partial charge in [0.05, 0.1) is 0 Å². The number of thioether (sulfide) groups is 1. The largest absolute Gasteiger partial charge is 0.480 e. The predicted octanol–water partition coefficient (Wildman–Crippen LogP) is 3.14. The molecule has 2 N–H and O–H groups in total. The zero-order chi connectivity index (χ0) is 13.5. The summed E-state index contributed by atoms with van der Waals surface area (Å²) in [7, 11) is 0. The lowest BCUT2D eigenvalue weighted by atomic mass is 9.95. The van der Waals surface area contributed by atoms with Gasteiger partial charge >= 0.3 is 5.97 Å². The number of hydrogen-bond acceptors (Lipinski definition) is 3. The Morgan fingerprint density at radius 1 is 1.41 bits per heavy atom. The van der Waals surface area contributed by atoms with Crippen LogP contribution in [0, 0.1) is 0 Å². The molecule has 3 nitrogen and oxygen atoms in total. The Morgan fingerprint density at radius 2 is 2.00 bits per heavy atom. The molecule has 0 radical (unpaired) electrons. The molecular formula is C13H27NO2S. The molecule has 0 amide bonds. The van der Waals surface area contributed by atoms with Gasteiger partial charge in [-0.25, -0.2) is 0 Å². The first kappa shape index (κ1) is 16.8. The van der Waals surface area contributed by atoms with Gasteiger partial charge in [-0.05, 0) is 45.8 Å². The Kier molecular flexibility index (Phi) is 7.88. The lowest BCUT2D eigenvalue weighted by Crippen LogP contribution is -2.52. The summed E-state index contributed by atoms with van der Waals surface area (Å²) in [6, 6.07) is 0.193. The van der Waals surface area contributed by atoms with E-state index in [0.29, 0.717) is 11.7 Å². The molecule has 0 bridgehead atoms. The lowest BCUT2D eigenvalue weighted by molar-refractivity contribution is -0.144. The first-order valence-corrected chi connectivity index (χ1v) is 7.49. The predicted molar refractivity (Wildman–Crippen MR) is 75.8 cm³/mol. The first-order valence-electron chi connectivity index (χ1n) is 6.44. The standard InChI is InChI=1S/C13H27NO2S/c1-6-11(4)17-9-7-8-13(5,12(15)16)14-10(2)3/h10-11,14H,6-9H2,1-5H3,(H,15,16). The van der Waals surface area contributed by atoms with Gasteiger partial charge in [0, 0.05) is 11.3 Å². The lowest BCUT2D eigenvalue weighted by Gasteiger charge is -2.28. The summed E-state index contributed by atoms with van der Waals surface area (Å²) >= 11 is 1.93. The fourth-order valence-electron chi connectivity index (χ4n) is 1.71. The summed E-state index contributed by atoms with van der Waals surface area (Å²) in [5.74, 6) is 0.289. The van der Waals surface area contributed by atoms with Crippen LogP contribution in [0.1, 0.15) is 53.9 Å². The molecule has 102 valence electrons. The zero-order valence-electron chi connectivity index (χ0n) is 11.7. The minimum Gasteiger partial charge on any atom is -0.480 e. The van der Waals surface area contributed by atoms with Crippen molar-refractivity contribution in [1.29, 1.82) is 0 Å². The van der Waals surface area contributed by atoms with Crippen molar-refractivity contribution in [2.24, 2.45) is 0 Å². The van der Waals surface area contributed by atoms with Crippen LogP contribution in [-0.2, 0) is 4.79 Å². The molecule has 0 aromatic carbocycles. The van der Waals surface area contributed by atoms with Crippen molar-refractivity contribution in [3.8, 4) is 0 Å². The monoisotopic (exact) mass is 261 g/mol. The molecule has 0 rings (SSSR count). The highest BCUT2D eigenvalue weighted by atomic mass is 32.2. The van der Waals surface area contributed by atoms with Gasteiger partial charge in [-0.1, -0.05) is 13.8 Å². The molecule has 2 unspecified atom stereocenters. The van der Waals surface area contributed by atoms with Crippen LogP contribution in [0.2, 0.25) is 0 Å². The van der Waals surface area contributed by atoms with E-state index in [1.165, 1.54) is 6.42 Å². The summed E-state index contributed by atoms with van der Waals surface area (Å²) in [4.78, 5) is 11.3. The highest BCUT2D eigenvalue weighted by Crippen LogP contribution is 2.19. The highest BCUT2D eigenvalue weighted by molar-refractivity contribution is 7.99. The van der Waals surface area contributed by atoms with Gasteiger partial charge in [-0.15, -0.1) is 0 Å². The average molecular weight is 261 g/mol. The van der Waals surface area contributed by atoms with Crippen molar-refractivity contribution < 1.29 is 9.90 Å². The maximum absolute atomic E-state index is 11.3. The van der Waals surface area contributed by atoms with Crippen LogP contribution in [0.25, 0.3) is 0 Å². The number of carbonyl (C=O) groups is 1. The second kappa shape index (κ2) is 7.98. The molecule has 0 fully saturated rings. The van der Waals surface area contributed by atoms with Gasteiger partial charge in [0.15, 0.2) is 0 Å². The molecule has 0 saturated carbocycles. The zero-order valence-corrected chi connectivity index (χ0v) is 12.6. The van der Waals surface area contributed by atoms with Crippen LogP contribution in [0.3, 0.4) is 0 Å². The topological polar surface area (TPSA) is 49.3 Å². The molecule has 0 aromatic rings. The van der Waals surface area contributed by atoms with Gasteiger partial charge in [0.2, 0.25) is 0 Å². The Bertz CT molecular complexity index is 233. The van der Waals surface area contributed by atoms with Gasteiger partial charge in [0.25, 0.3) is 0 Å². The van der Waals surface area contributed by atoms with Crippen LogP contribution >= 0.6 is 11.8 Å². The highest BCUT2D eigenvalue weighted by Gasteiger charge is 2.32. The smallest absolute Gasteiger partial charge is 0.323 e. The Hall–Kier alpha value is -0.220. The summed E-state index contributed by atoms with van der Waals surface area (Å²) in [6.07, 6.45) is 2.80. The maximum atomic E-state index is 11.3. The number of rotatable bonds is 9. The number of hydrogen-bond donors (Lipinski definition) is 2. The van der Waals surface area contributed by atoms with Crippen molar-refractivity contribution in [3.05, 3.63) is 0 Å². The fraction of sp³-hybridized carbons (Fsp3) is 0.923. The van der Waals surface area contributed by atoms with Gasteiger partial charge in [0.1, 0.15) is 5.54 Å². The van der Waals surface area contributed by atoms with Crippen LogP contribution in [0.5, 0.6) is 0 Å². The Morgan fingerprint density at radius 3 is 2.41 bits per heavy atom. The third kappa shape index (κ3) is 6.94. The summed E-state index contributed by atoms with van der Waals surface area (Å²) in [5, 5.41) is 13.1. The van der Waals surface area contributed by atoms with Gasteiger partial charge < -0.3 is 5.11 Å². The quantitative estimate of drug-likeness (QED) is 0.626. The van der Waals surface area contributed by atoms with Gasteiger partial charge in [-0.3, -0.25) is 10.1 Å². The molecule has 0 spiro atoms. The minimum atomic E-state index is -0.788. The van der Waals surface area contributed by atoms with E-state index in [2.05, 4.69) is 19.2 Å². The molecule has 0 aromatic heterocycles. The van der Waals surface area contributed by atoms with E-state index < -0.39 is 11.5 Å². The third-order valence-corrected chi connectivity index (χ3v) is 4.30. The summed E-state index contributed by atoms with van der Waals surface area (Å²) < 4.78 is 0. The molecule has 0 aliphatic heterocycles. The molecular weight excluding hydrogens is 234 g/mol. The van der Waals surface area contributed by atoms with E-state index in [9.17, 15) is 9.90 Å². The summed E-state index contributed by atoms with van der Waals surface area (Å²) in [5.41, 5.74) is -0.788. The Labute approximate surface area is 110 Å². The van der Waals surface area contributed by atoms with Crippen molar-refractivity contribution in [3.63, 3.8) is 0 Å². The van der Waals surface area contributed by atoms with E-state index in [1.807, 2.05) is 25.6 Å². The molecule has 0 aliphatic rings. The third-order valence-electron chi connectivity index (χ3n) is 2.88. The minimum absolute atomic E-state index is 0.193. The molecule has 2 atom stereocenters. The number of nitrogens with one attached hydrogen (secondary N) is 1. The second-order valence-electron chi connectivity index (χ2n) is 5.13. The normalized spacial score (nSPS) is 16.8. The van der Waals surface area contributed by atoms with Crippen molar-refractivity contribution >= 4 is 17.7 Å². The molecule has 17 heavy (non-hydrogen) atoms. The average Bonchev–Trinajstić information content (AvgIpc) is 2.22. The second-order valence-corrected chi connectivity index (χ2v) is 6.68. The van der Waals surface area contributed by atoms with Crippen LogP contribution in [0.4, 0.5) is 0 Å². The van der Waals surface area contributed by atoms with Crippen molar-refractivity contribution in [2.75, 3.05) is 5.75 Å². The SMILES string of the molecule is CCC(C)SCCCC(C)(NC(C)C)C(=O)O.